The van der Waals surface area contributed by atoms with E-state index in [1.807, 2.05) is 44.2 Å². The number of unbranched alkanes of at least 4 members (excludes halogenated alkanes) is 2. The van der Waals surface area contributed by atoms with Crippen molar-refractivity contribution < 1.29 is 29.0 Å². The summed E-state index contributed by atoms with van der Waals surface area (Å²) in [4.78, 5) is 33.0. The fraction of sp³-hybridized carbons (Fsp3) is 0.500. The summed E-state index contributed by atoms with van der Waals surface area (Å²) in [6, 6.07) is 16.2. The largest absolute Gasteiger partial charge is 0.466 e. The molecule has 36 heavy (non-hydrogen) atoms. The zero-order valence-electron chi connectivity index (χ0n) is 21.9. The first kappa shape index (κ1) is 31.0. The van der Waals surface area contributed by atoms with Crippen LogP contribution in [0.15, 0.2) is 48.5 Å². The van der Waals surface area contributed by atoms with Crippen molar-refractivity contribution >= 4 is 18.2 Å². The Balaban J connectivity index is 0.000000360. The SMILES string of the molecule is CCOC(=O)CCc1ccccc1CCCC=O.CCOC(=O)CCc1ccccc1CCCCO. The molecule has 1 N–H and O–H groups in total. The normalized spacial score (nSPS) is 10.2. The van der Waals surface area contributed by atoms with Gasteiger partial charge in [0.05, 0.1) is 13.2 Å². The lowest BCUT2D eigenvalue weighted by Gasteiger charge is -2.09. The van der Waals surface area contributed by atoms with Crippen molar-refractivity contribution in [3.8, 4) is 0 Å². The van der Waals surface area contributed by atoms with Crippen LogP contribution in [0, 0.1) is 0 Å². The number of aliphatic hydroxyl groups excluding tert-OH is 1. The van der Waals surface area contributed by atoms with E-state index in [1.54, 1.807) is 0 Å². The monoisotopic (exact) mass is 498 g/mol. The van der Waals surface area contributed by atoms with Gasteiger partial charge in [0.1, 0.15) is 6.29 Å². The van der Waals surface area contributed by atoms with Gasteiger partial charge in [-0.25, -0.2) is 0 Å². The van der Waals surface area contributed by atoms with Crippen LogP contribution >= 0.6 is 0 Å². The number of rotatable bonds is 16. The third-order valence-corrected chi connectivity index (χ3v) is 5.67. The zero-order valence-corrected chi connectivity index (χ0v) is 21.9. The molecule has 198 valence electrons. The molecule has 0 unspecified atom stereocenters. The van der Waals surface area contributed by atoms with Gasteiger partial charge in [-0.2, -0.15) is 0 Å². The summed E-state index contributed by atoms with van der Waals surface area (Å²) in [6.07, 6.45) is 8.33. The summed E-state index contributed by atoms with van der Waals surface area (Å²) in [5.74, 6) is -0.289. The van der Waals surface area contributed by atoms with E-state index in [0.717, 1.165) is 44.8 Å². The van der Waals surface area contributed by atoms with Crippen molar-refractivity contribution in [3.05, 3.63) is 70.8 Å². The number of esters is 2. The summed E-state index contributed by atoms with van der Waals surface area (Å²) in [5, 5.41) is 8.79. The molecule has 2 rings (SSSR count). The van der Waals surface area contributed by atoms with Crippen LogP contribution in [0.3, 0.4) is 0 Å². The quantitative estimate of drug-likeness (QED) is 0.194. The molecule has 0 spiro atoms. The van der Waals surface area contributed by atoms with Gasteiger partial charge in [-0.1, -0.05) is 48.5 Å². The molecule has 0 saturated heterocycles. The van der Waals surface area contributed by atoms with Gasteiger partial charge >= 0.3 is 11.9 Å². The van der Waals surface area contributed by atoms with Crippen LogP contribution in [-0.2, 0) is 49.5 Å². The number of carbonyl (C=O) groups excluding carboxylic acids is 3. The Kier molecular flexibility index (Phi) is 17.4. The van der Waals surface area contributed by atoms with Crippen molar-refractivity contribution in [2.45, 2.75) is 78.1 Å². The van der Waals surface area contributed by atoms with Crippen LogP contribution in [0.5, 0.6) is 0 Å². The number of carbonyl (C=O) groups is 3. The Morgan fingerprint density at radius 1 is 0.694 bits per heavy atom. The topological polar surface area (TPSA) is 89.9 Å². The lowest BCUT2D eigenvalue weighted by Crippen LogP contribution is -2.06. The fourth-order valence-electron chi connectivity index (χ4n) is 3.83. The van der Waals surface area contributed by atoms with Crippen LogP contribution < -0.4 is 0 Å². The van der Waals surface area contributed by atoms with E-state index in [9.17, 15) is 14.4 Å². The van der Waals surface area contributed by atoms with Crippen molar-refractivity contribution in [1.29, 1.82) is 0 Å². The van der Waals surface area contributed by atoms with Crippen LogP contribution in [-0.4, -0.2) is 43.2 Å². The summed E-state index contributed by atoms with van der Waals surface area (Å²) < 4.78 is 9.85. The summed E-state index contributed by atoms with van der Waals surface area (Å²) in [7, 11) is 0. The maximum Gasteiger partial charge on any atom is 0.306 e. The first-order valence-electron chi connectivity index (χ1n) is 13.0. The maximum atomic E-state index is 11.3. The first-order chi connectivity index (χ1) is 17.5. The predicted molar refractivity (Wildman–Crippen MR) is 142 cm³/mol. The number of hydrogen-bond donors (Lipinski definition) is 1. The molecule has 0 fully saturated rings. The molecule has 0 aliphatic heterocycles. The van der Waals surface area contributed by atoms with E-state index in [0.29, 0.717) is 38.9 Å². The maximum absolute atomic E-state index is 11.3. The van der Waals surface area contributed by atoms with Crippen molar-refractivity contribution in [3.63, 3.8) is 0 Å². The van der Waals surface area contributed by atoms with Crippen LogP contribution in [0.4, 0.5) is 0 Å². The van der Waals surface area contributed by atoms with Gasteiger partial charge in [0.2, 0.25) is 0 Å². The fourth-order valence-corrected chi connectivity index (χ4v) is 3.83. The average Bonchev–Trinajstić information content (AvgIpc) is 2.88. The summed E-state index contributed by atoms with van der Waals surface area (Å²) in [6.45, 7) is 4.74. The van der Waals surface area contributed by atoms with Gasteiger partial charge in [0.15, 0.2) is 0 Å². The summed E-state index contributed by atoms with van der Waals surface area (Å²) in [5.41, 5.74) is 4.89. The van der Waals surface area contributed by atoms with Crippen molar-refractivity contribution in [2.75, 3.05) is 19.8 Å². The van der Waals surface area contributed by atoms with Gasteiger partial charge in [0, 0.05) is 25.9 Å². The molecule has 0 aliphatic rings. The van der Waals surface area contributed by atoms with Gasteiger partial charge in [-0.3, -0.25) is 9.59 Å². The Morgan fingerprint density at radius 2 is 1.11 bits per heavy atom. The predicted octanol–water partition coefficient (Wildman–Crippen LogP) is 5.20. The van der Waals surface area contributed by atoms with Gasteiger partial charge in [-0.15, -0.1) is 0 Å². The minimum absolute atomic E-state index is 0.136. The number of aliphatic hydroxyl groups is 1. The molecule has 2 aromatic rings. The second-order valence-electron chi connectivity index (χ2n) is 8.39. The van der Waals surface area contributed by atoms with Gasteiger partial charge in [0.25, 0.3) is 0 Å². The van der Waals surface area contributed by atoms with E-state index < -0.39 is 0 Å². The molecular formula is C30H42O6. The Labute approximate surface area is 216 Å². The van der Waals surface area contributed by atoms with E-state index in [4.69, 9.17) is 14.6 Å². The molecular weight excluding hydrogens is 456 g/mol. The molecule has 0 bridgehead atoms. The zero-order chi connectivity index (χ0) is 26.4. The molecule has 0 radical (unpaired) electrons. The van der Waals surface area contributed by atoms with Crippen molar-refractivity contribution in [2.24, 2.45) is 0 Å². The van der Waals surface area contributed by atoms with E-state index in [1.165, 1.54) is 22.3 Å². The molecule has 0 atom stereocenters. The molecule has 0 heterocycles. The Morgan fingerprint density at radius 3 is 1.50 bits per heavy atom. The third-order valence-electron chi connectivity index (χ3n) is 5.67. The van der Waals surface area contributed by atoms with E-state index in [2.05, 4.69) is 18.2 Å². The smallest absolute Gasteiger partial charge is 0.306 e. The van der Waals surface area contributed by atoms with Gasteiger partial charge < -0.3 is 19.4 Å². The highest BCUT2D eigenvalue weighted by molar-refractivity contribution is 5.70. The van der Waals surface area contributed by atoms with E-state index in [-0.39, 0.29) is 18.5 Å². The van der Waals surface area contributed by atoms with E-state index >= 15 is 0 Å². The first-order valence-corrected chi connectivity index (χ1v) is 13.0. The number of aldehydes is 1. The lowest BCUT2D eigenvalue weighted by atomic mass is 9.98. The number of aryl methyl sites for hydroxylation is 4. The molecule has 0 aromatic heterocycles. The molecule has 0 aliphatic carbocycles. The van der Waals surface area contributed by atoms with Crippen LogP contribution in [0.25, 0.3) is 0 Å². The van der Waals surface area contributed by atoms with Crippen LogP contribution in [0.2, 0.25) is 0 Å². The van der Waals surface area contributed by atoms with Crippen molar-refractivity contribution in [1.82, 2.24) is 0 Å². The lowest BCUT2D eigenvalue weighted by molar-refractivity contribution is -0.144. The Hall–Kier alpha value is -2.99. The second kappa shape index (κ2) is 20.2. The minimum Gasteiger partial charge on any atom is -0.466 e. The average molecular weight is 499 g/mol. The molecule has 6 nitrogen and oxygen atoms in total. The molecule has 2 aromatic carbocycles. The molecule has 0 amide bonds. The number of ether oxygens (including phenoxy) is 2. The highest BCUT2D eigenvalue weighted by Gasteiger charge is 2.07. The standard InChI is InChI=1S/C15H22O3.C15H20O3/c2*1-2-18-15(17)11-10-14-8-4-3-7-13(14)9-5-6-12-16/h3-4,7-8,16H,2,5-6,9-12H2,1H3;3-4,7-8,12H,2,5-6,9-11H2,1H3. The minimum atomic E-state index is -0.153. The number of hydrogen-bond acceptors (Lipinski definition) is 6. The highest BCUT2D eigenvalue weighted by Crippen LogP contribution is 2.15. The molecule has 0 saturated carbocycles. The summed E-state index contributed by atoms with van der Waals surface area (Å²) >= 11 is 0. The second-order valence-corrected chi connectivity index (χ2v) is 8.39. The third kappa shape index (κ3) is 13.8. The van der Waals surface area contributed by atoms with Gasteiger partial charge in [-0.05, 0) is 81.0 Å². The van der Waals surface area contributed by atoms with Crippen LogP contribution in [0.1, 0.15) is 74.6 Å². The molecule has 6 heteroatoms. The Bertz CT molecular complexity index is 893. The highest BCUT2D eigenvalue weighted by atomic mass is 16.5. The number of benzene rings is 2.